The number of nitrogens with one attached hydrogen (secondary N) is 2. The predicted molar refractivity (Wildman–Crippen MR) is 75.8 cm³/mol. The zero-order valence-electron chi connectivity index (χ0n) is 10.6. The van der Waals surface area contributed by atoms with Crippen LogP contribution in [0.2, 0.25) is 0 Å². The number of amidine groups is 1. The maximum atomic E-state index is 7.69. The number of fused-ring (bicyclic) bond motifs is 1. The molecule has 0 saturated heterocycles. The molecule has 0 aliphatic rings. The van der Waals surface area contributed by atoms with Crippen LogP contribution in [-0.4, -0.2) is 30.8 Å². The van der Waals surface area contributed by atoms with E-state index in [4.69, 9.17) is 11.1 Å². The van der Waals surface area contributed by atoms with Crippen LogP contribution >= 0.6 is 11.8 Å². The third kappa shape index (κ3) is 2.10. The molecule has 0 fully saturated rings. The number of aryl methyl sites for hydroxylation is 1. The maximum Gasteiger partial charge on any atom is 0.181 e. The highest BCUT2D eigenvalue weighted by molar-refractivity contribution is 7.99. The first-order chi connectivity index (χ1) is 9.66. The Hall–Kier alpha value is -2.48. The molecule has 100 valence electrons. The summed E-state index contributed by atoms with van der Waals surface area (Å²) in [5, 5.41) is 9.03. The molecule has 0 aliphatic carbocycles. The molecule has 0 aromatic carbocycles. The number of rotatable bonds is 3. The van der Waals surface area contributed by atoms with Gasteiger partial charge in [-0.05, 0) is 30.3 Å². The lowest BCUT2D eigenvalue weighted by Gasteiger charge is -2.09. The van der Waals surface area contributed by atoms with Crippen molar-refractivity contribution in [1.82, 2.24) is 24.9 Å². The summed E-state index contributed by atoms with van der Waals surface area (Å²) < 4.78 is 0. The lowest BCUT2D eigenvalue weighted by molar-refractivity contribution is 1.05. The number of H-pyrrole nitrogens is 1. The van der Waals surface area contributed by atoms with Crippen LogP contribution < -0.4 is 5.73 Å². The van der Waals surface area contributed by atoms with Crippen LogP contribution in [0.3, 0.4) is 0 Å². The number of hydrogen-bond acceptors (Lipinski definition) is 6. The van der Waals surface area contributed by atoms with Gasteiger partial charge in [-0.25, -0.2) is 19.9 Å². The van der Waals surface area contributed by atoms with Crippen molar-refractivity contribution in [2.45, 2.75) is 17.0 Å². The Kier molecular flexibility index (Phi) is 3.07. The molecule has 0 amide bonds. The van der Waals surface area contributed by atoms with E-state index < -0.39 is 0 Å². The van der Waals surface area contributed by atoms with E-state index in [9.17, 15) is 0 Å². The SMILES string of the molecule is Cc1ccnc(Sc2ncnc3nc[nH]c23)c1C(=N)N. The minimum Gasteiger partial charge on any atom is -0.384 e. The van der Waals surface area contributed by atoms with Gasteiger partial charge in [0.1, 0.15) is 27.7 Å². The van der Waals surface area contributed by atoms with Crippen molar-refractivity contribution < 1.29 is 0 Å². The lowest BCUT2D eigenvalue weighted by atomic mass is 10.1. The van der Waals surface area contributed by atoms with Gasteiger partial charge in [-0.2, -0.15) is 0 Å². The number of aromatic amines is 1. The minimum atomic E-state index is -0.00647. The Morgan fingerprint density at radius 2 is 2.10 bits per heavy atom. The molecule has 3 heterocycles. The monoisotopic (exact) mass is 285 g/mol. The summed E-state index contributed by atoms with van der Waals surface area (Å²) in [4.78, 5) is 19.7. The molecule has 3 aromatic rings. The zero-order valence-corrected chi connectivity index (χ0v) is 11.4. The molecule has 4 N–H and O–H groups in total. The van der Waals surface area contributed by atoms with Gasteiger partial charge in [0.2, 0.25) is 0 Å². The van der Waals surface area contributed by atoms with Gasteiger partial charge in [0.25, 0.3) is 0 Å². The van der Waals surface area contributed by atoms with Gasteiger partial charge in [-0.15, -0.1) is 0 Å². The van der Waals surface area contributed by atoms with Gasteiger partial charge in [0, 0.05) is 6.20 Å². The van der Waals surface area contributed by atoms with Gasteiger partial charge >= 0.3 is 0 Å². The van der Waals surface area contributed by atoms with E-state index in [0.29, 0.717) is 21.3 Å². The second-order valence-electron chi connectivity index (χ2n) is 4.10. The predicted octanol–water partition coefficient (Wildman–Crippen LogP) is 1.49. The number of hydrogen-bond donors (Lipinski definition) is 3. The molecule has 3 rings (SSSR count). The largest absolute Gasteiger partial charge is 0.384 e. The minimum absolute atomic E-state index is 0.00647. The Bertz CT molecular complexity index is 795. The van der Waals surface area contributed by atoms with E-state index >= 15 is 0 Å². The van der Waals surface area contributed by atoms with E-state index in [1.54, 1.807) is 12.5 Å². The average molecular weight is 285 g/mol. The molecule has 20 heavy (non-hydrogen) atoms. The van der Waals surface area contributed by atoms with E-state index in [-0.39, 0.29) is 5.84 Å². The first kappa shape index (κ1) is 12.5. The molecular weight excluding hydrogens is 274 g/mol. The van der Waals surface area contributed by atoms with Crippen LogP contribution in [0.25, 0.3) is 11.2 Å². The van der Waals surface area contributed by atoms with Crippen LogP contribution in [0, 0.1) is 12.3 Å². The Morgan fingerprint density at radius 1 is 1.25 bits per heavy atom. The van der Waals surface area contributed by atoms with Crippen LogP contribution in [0.15, 0.2) is 35.0 Å². The fraction of sp³-hybridized carbons (Fsp3) is 0.0833. The van der Waals surface area contributed by atoms with E-state index in [2.05, 4.69) is 24.9 Å². The molecule has 3 aromatic heterocycles. The number of pyridine rings is 1. The summed E-state index contributed by atoms with van der Waals surface area (Å²) in [6.07, 6.45) is 4.71. The molecule has 0 bridgehead atoms. The van der Waals surface area contributed by atoms with Crippen molar-refractivity contribution >= 4 is 28.8 Å². The van der Waals surface area contributed by atoms with E-state index in [1.807, 2.05) is 13.0 Å². The summed E-state index contributed by atoms with van der Waals surface area (Å²) in [6, 6.07) is 1.83. The van der Waals surface area contributed by atoms with Crippen molar-refractivity contribution in [2.24, 2.45) is 5.73 Å². The molecule has 0 saturated carbocycles. The molecule has 8 heteroatoms. The summed E-state index contributed by atoms with van der Waals surface area (Å²) >= 11 is 1.34. The molecule has 0 radical (unpaired) electrons. The molecule has 0 unspecified atom stereocenters. The highest BCUT2D eigenvalue weighted by Crippen LogP contribution is 2.31. The standard InChI is InChI=1S/C12H11N7S/c1-6-2-3-15-11(7(6)9(13)14)20-12-8-10(17-4-16-8)18-5-19-12/h2-5H,1H3,(H3,13,14)(H,16,17,18,19). The topological polar surface area (TPSA) is 117 Å². The van der Waals surface area contributed by atoms with Crippen molar-refractivity contribution in [2.75, 3.05) is 0 Å². The van der Waals surface area contributed by atoms with Gasteiger partial charge in [0.15, 0.2) is 5.65 Å². The Labute approximate surface area is 118 Å². The maximum absolute atomic E-state index is 7.69. The van der Waals surface area contributed by atoms with Crippen molar-refractivity contribution in [3.8, 4) is 0 Å². The van der Waals surface area contributed by atoms with Crippen LogP contribution in [-0.2, 0) is 0 Å². The highest BCUT2D eigenvalue weighted by atomic mass is 32.2. The second kappa shape index (κ2) is 4.89. The summed E-state index contributed by atoms with van der Waals surface area (Å²) in [7, 11) is 0. The number of nitrogen functional groups attached to an aromatic ring is 1. The lowest BCUT2D eigenvalue weighted by Crippen LogP contribution is -2.15. The smallest absolute Gasteiger partial charge is 0.181 e. The normalized spacial score (nSPS) is 10.8. The van der Waals surface area contributed by atoms with Crippen molar-refractivity contribution in [3.63, 3.8) is 0 Å². The van der Waals surface area contributed by atoms with Crippen LogP contribution in [0.5, 0.6) is 0 Å². The number of nitrogens with zero attached hydrogens (tertiary/aromatic N) is 4. The van der Waals surface area contributed by atoms with Crippen molar-refractivity contribution in [3.05, 3.63) is 36.0 Å². The third-order valence-corrected chi connectivity index (χ3v) is 3.78. The second-order valence-corrected chi connectivity index (χ2v) is 5.08. The van der Waals surface area contributed by atoms with E-state index in [1.165, 1.54) is 18.1 Å². The third-order valence-electron chi connectivity index (χ3n) is 2.78. The number of aromatic nitrogens is 5. The number of imidazole rings is 1. The van der Waals surface area contributed by atoms with Crippen LogP contribution in [0.4, 0.5) is 0 Å². The first-order valence-electron chi connectivity index (χ1n) is 5.78. The summed E-state index contributed by atoms with van der Waals surface area (Å²) in [5.41, 5.74) is 8.52. The molecule has 0 spiro atoms. The van der Waals surface area contributed by atoms with Crippen molar-refractivity contribution in [1.29, 1.82) is 5.41 Å². The molecule has 0 aliphatic heterocycles. The Balaban J connectivity index is 2.10. The zero-order chi connectivity index (χ0) is 14.1. The van der Waals surface area contributed by atoms with Crippen LogP contribution in [0.1, 0.15) is 11.1 Å². The fourth-order valence-electron chi connectivity index (χ4n) is 1.85. The molecular formula is C12H11N7S. The average Bonchev–Trinajstić information content (AvgIpc) is 2.87. The van der Waals surface area contributed by atoms with E-state index in [0.717, 1.165) is 11.1 Å². The van der Waals surface area contributed by atoms with Gasteiger partial charge < -0.3 is 10.7 Å². The quantitative estimate of drug-likeness (QED) is 0.381. The molecule has 0 atom stereocenters. The molecule has 7 nitrogen and oxygen atoms in total. The summed E-state index contributed by atoms with van der Waals surface area (Å²) in [5.74, 6) is -0.00647. The van der Waals surface area contributed by atoms with Gasteiger partial charge in [-0.3, -0.25) is 5.41 Å². The van der Waals surface area contributed by atoms with Gasteiger partial charge in [0.05, 0.1) is 11.9 Å². The number of nitrogens with two attached hydrogens (primary N) is 1. The van der Waals surface area contributed by atoms with Gasteiger partial charge in [-0.1, -0.05) is 0 Å². The Morgan fingerprint density at radius 3 is 2.90 bits per heavy atom. The fourth-order valence-corrected chi connectivity index (χ4v) is 2.87. The summed E-state index contributed by atoms with van der Waals surface area (Å²) in [6.45, 7) is 1.90. The first-order valence-corrected chi connectivity index (χ1v) is 6.60. The highest BCUT2D eigenvalue weighted by Gasteiger charge is 2.14.